The molecule has 0 radical (unpaired) electrons. The summed E-state index contributed by atoms with van der Waals surface area (Å²) in [5.74, 6) is 1.60. The van der Waals surface area contributed by atoms with Crippen LogP contribution in [0.15, 0.2) is 12.3 Å². The van der Waals surface area contributed by atoms with Crippen molar-refractivity contribution < 1.29 is 0 Å². The van der Waals surface area contributed by atoms with Crippen LogP contribution in [0.1, 0.15) is 25.8 Å². The third-order valence-electron chi connectivity index (χ3n) is 2.39. The van der Waals surface area contributed by atoms with Crippen molar-refractivity contribution >= 4 is 18.2 Å². The van der Waals surface area contributed by atoms with Gasteiger partial charge in [-0.25, -0.2) is 4.68 Å². The van der Waals surface area contributed by atoms with E-state index in [1.165, 1.54) is 12.8 Å². The molecule has 0 aliphatic heterocycles. The molecule has 1 saturated carbocycles. The second-order valence-electron chi connectivity index (χ2n) is 3.28. The fourth-order valence-electron chi connectivity index (χ4n) is 1.44. The lowest BCUT2D eigenvalue weighted by Crippen LogP contribution is -2.11. The van der Waals surface area contributed by atoms with E-state index in [2.05, 4.69) is 12.0 Å². The lowest BCUT2D eigenvalue weighted by molar-refractivity contribution is 0.446. The van der Waals surface area contributed by atoms with Gasteiger partial charge in [-0.1, -0.05) is 0 Å². The van der Waals surface area contributed by atoms with E-state index in [4.69, 9.17) is 5.73 Å². The van der Waals surface area contributed by atoms with Crippen molar-refractivity contribution in [2.45, 2.75) is 25.8 Å². The molecule has 1 atom stereocenters. The van der Waals surface area contributed by atoms with Gasteiger partial charge < -0.3 is 5.73 Å². The summed E-state index contributed by atoms with van der Waals surface area (Å²) in [6, 6.07) is 2.34. The Morgan fingerprint density at radius 3 is 2.75 bits per heavy atom. The van der Waals surface area contributed by atoms with Crippen LogP contribution in [0.25, 0.3) is 0 Å². The number of nitrogens with zero attached hydrogens (tertiary/aromatic N) is 2. The molecule has 3 nitrogen and oxygen atoms in total. The lowest BCUT2D eigenvalue weighted by atomic mass is 10.2. The van der Waals surface area contributed by atoms with Crippen molar-refractivity contribution in [2.24, 2.45) is 5.92 Å². The number of hydrogen-bond acceptors (Lipinski definition) is 2. The molecule has 1 aliphatic rings. The minimum absolute atomic E-state index is 0. The van der Waals surface area contributed by atoms with E-state index < -0.39 is 0 Å². The molecule has 1 fully saturated rings. The van der Waals surface area contributed by atoms with Crippen molar-refractivity contribution in [1.29, 1.82) is 0 Å². The van der Waals surface area contributed by atoms with Crippen LogP contribution in [-0.4, -0.2) is 9.78 Å². The topological polar surface area (TPSA) is 43.8 Å². The normalized spacial score (nSPS) is 18.4. The van der Waals surface area contributed by atoms with E-state index in [1.807, 2.05) is 10.7 Å². The van der Waals surface area contributed by atoms with Gasteiger partial charge in [-0.05, 0) is 31.7 Å². The number of nitrogens with two attached hydrogens (primary N) is 1. The lowest BCUT2D eigenvalue weighted by Gasteiger charge is -2.11. The van der Waals surface area contributed by atoms with Crippen molar-refractivity contribution in [2.75, 3.05) is 5.73 Å². The monoisotopic (exact) mass is 187 g/mol. The average Bonchev–Trinajstić information content (AvgIpc) is 2.74. The Hall–Kier alpha value is -0.700. The highest BCUT2D eigenvalue weighted by atomic mass is 35.5. The second-order valence-corrected chi connectivity index (χ2v) is 3.28. The Morgan fingerprint density at radius 1 is 1.67 bits per heavy atom. The van der Waals surface area contributed by atoms with Gasteiger partial charge in [0.15, 0.2) is 0 Å². The number of hydrogen-bond donors (Lipinski definition) is 1. The largest absolute Gasteiger partial charge is 0.384 e. The van der Waals surface area contributed by atoms with Crippen molar-refractivity contribution in [3.8, 4) is 0 Å². The standard InChI is InChI=1S/C8H13N3.ClH/c1-6(7-2-3-7)11-8(9)4-5-10-11;/h4-7H,2-3,9H2,1H3;1H. The molecular weight excluding hydrogens is 174 g/mol. The predicted octanol–water partition coefficient (Wildman–Crippen LogP) is 1.86. The first kappa shape index (κ1) is 9.39. The van der Waals surface area contributed by atoms with E-state index in [0.717, 1.165) is 11.7 Å². The summed E-state index contributed by atoms with van der Waals surface area (Å²) in [5, 5.41) is 4.17. The molecule has 0 bridgehead atoms. The predicted molar refractivity (Wildman–Crippen MR) is 51.3 cm³/mol. The zero-order valence-corrected chi connectivity index (χ0v) is 7.92. The van der Waals surface area contributed by atoms with Crippen LogP contribution in [0.5, 0.6) is 0 Å². The summed E-state index contributed by atoms with van der Waals surface area (Å²) in [6.07, 6.45) is 4.43. The Balaban J connectivity index is 0.000000720. The van der Waals surface area contributed by atoms with Crippen LogP contribution in [0.4, 0.5) is 5.82 Å². The van der Waals surface area contributed by atoms with Gasteiger partial charge in [0, 0.05) is 0 Å². The van der Waals surface area contributed by atoms with Crippen LogP contribution in [-0.2, 0) is 0 Å². The van der Waals surface area contributed by atoms with E-state index in [-0.39, 0.29) is 12.4 Å². The highest BCUT2D eigenvalue weighted by Gasteiger charge is 2.30. The Morgan fingerprint density at radius 2 is 2.33 bits per heavy atom. The summed E-state index contributed by atoms with van der Waals surface area (Å²) in [6.45, 7) is 2.18. The van der Waals surface area contributed by atoms with Crippen molar-refractivity contribution in [3.05, 3.63) is 12.3 Å². The summed E-state index contributed by atoms with van der Waals surface area (Å²) in [5.41, 5.74) is 5.71. The summed E-state index contributed by atoms with van der Waals surface area (Å²) < 4.78 is 1.91. The van der Waals surface area contributed by atoms with Gasteiger partial charge in [-0.2, -0.15) is 5.10 Å². The Kier molecular flexibility index (Phi) is 2.62. The van der Waals surface area contributed by atoms with Gasteiger partial charge >= 0.3 is 0 Å². The van der Waals surface area contributed by atoms with Crippen LogP contribution in [0, 0.1) is 5.92 Å². The van der Waals surface area contributed by atoms with Crippen molar-refractivity contribution in [1.82, 2.24) is 9.78 Å². The molecule has 0 saturated heterocycles. The minimum Gasteiger partial charge on any atom is -0.384 e. The number of anilines is 1. The van der Waals surface area contributed by atoms with E-state index >= 15 is 0 Å². The summed E-state index contributed by atoms with van der Waals surface area (Å²) in [4.78, 5) is 0. The van der Waals surface area contributed by atoms with Crippen LogP contribution >= 0.6 is 12.4 Å². The van der Waals surface area contributed by atoms with Crippen LogP contribution in [0.3, 0.4) is 0 Å². The molecule has 4 heteroatoms. The highest BCUT2D eigenvalue weighted by molar-refractivity contribution is 5.85. The smallest absolute Gasteiger partial charge is 0.121 e. The third-order valence-corrected chi connectivity index (χ3v) is 2.39. The van der Waals surface area contributed by atoms with Gasteiger partial charge in [0.2, 0.25) is 0 Å². The fraction of sp³-hybridized carbons (Fsp3) is 0.625. The minimum atomic E-state index is 0. The maximum absolute atomic E-state index is 5.71. The summed E-state index contributed by atoms with van der Waals surface area (Å²) >= 11 is 0. The zero-order valence-electron chi connectivity index (χ0n) is 7.10. The van der Waals surface area contributed by atoms with Gasteiger partial charge in [0.05, 0.1) is 12.2 Å². The number of halogens is 1. The van der Waals surface area contributed by atoms with Gasteiger partial charge in [0.25, 0.3) is 0 Å². The highest BCUT2D eigenvalue weighted by Crippen LogP contribution is 2.39. The van der Waals surface area contributed by atoms with Gasteiger partial charge in [-0.15, -0.1) is 12.4 Å². The maximum Gasteiger partial charge on any atom is 0.121 e. The molecule has 12 heavy (non-hydrogen) atoms. The Labute approximate surface area is 78.4 Å². The van der Waals surface area contributed by atoms with Crippen LogP contribution in [0.2, 0.25) is 0 Å². The molecule has 0 aromatic carbocycles. The first-order valence-electron chi connectivity index (χ1n) is 4.08. The average molecular weight is 188 g/mol. The molecule has 2 rings (SSSR count). The molecule has 0 amide bonds. The SMILES string of the molecule is CC(C1CC1)n1nccc1N.Cl. The Bertz CT molecular complexity index is 255. The quantitative estimate of drug-likeness (QED) is 0.768. The molecule has 1 aliphatic carbocycles. The molecule has 2 N–H and O–H groups in total. The van der Waals surface area contributed by atoms with Gasteiger partial charge in [-0.3, -0.25) is 0 Å². The number of rotatable bonds is 2. The second kappa shape index (κ2) is 3.35. The van der Waals surface area contributed by atoms with E-state index in [1.54, 1.807) is 6.20 Å². The first-order chi connectivity index (χ1) is 5.29. The maximum atomic E-state index is 5.71. The van der Waals surface area contributed by atoms with Crippen molar-refractivity contribution in [3.63, 3.8) is 0 Å². The molecule has 0 spiro atoms. The fourth-order valence-corrected chi connectivity index (χ4v) is 1.44. The summed E-state index contributed by atoms with van der Waals surface area (Å²) in [7, 11) is 0. The zero-order chi connectivity index (χ0) is 7.84. The third kappa shape index (κ3) is 1.55. The number of nitrogen functional groups attached to an aromatic ring is 1. The van der Waals surface area contributed by atoms with E-state index in [9.17, 15) is 0 Å². The van der Waals surface area contributed by atoms with E-state index in [0.29, 0.717) is 6.04 Å². The molecule has 68 valence electrons. The number of aromatic nitrogens is 2. The first-order valence-corrected chi connectivity index (χ1v) is 4.08. The van der Waals surface area contributed by atoms with Crippen LogP contribution < -0.4 is 5.73 Å². The molecule has 1 heterocycles. The molecule has 1 aromatic heterocycles. The van der Waals surface area contributed by atoms with Gasteiger partial charge in [0.1, 0.15) is 5.82 Å². The molecule has 1 aromatic rings. The molecule has 1 unspecified atom stereocenters. The molecular formula is C8H14ClN3.